The Labute approximate surface area is 105 Å². The number of thiocarbonyl (C=S) groups is 1. The SMILES string of the molecule is CN(C)c1c(N(C)CCCN=C=S)c(=O)c1=O. The lowest BCUT2D eigenvalue weighted by Crippen LogP contribution is -2.43. The number of anilines is 2. The maximum atomic E-state index is 11.5. The lowest BCUT2D eigenvalue weighted by Gasteiger charge is -2.26. The molecule has 6 heteroatoms. The molecule has 0 aliphatic rings. The van der Waals surface area contributed by atoms with Gasteiger partial charge in [-0.05, 0) is 18.6 Å². The van der Waals surface area contributed by atoms with Crippen LogP contribution in [0.4, 0.5) is 11.4 Å². The molecule has 0 saturated carbocycles. The molecule has 1 aromatic rings. The van der Waals surface area contributed by atoms with Gasteiger partial charge in [-0.15, -0.1) is 0 Å². The van der Waals surface area contributed by atoms with E-state index in [2.05, 4.69) is 22.4 Å². The average molecular weight is 253 g/mol. The summed E-state index contributed by atoms with van der Waals surface area (Å²) < 4.78 is 0. The third-order valence-electron chi connectivity index (χ3n) is 2.52. The van der Waals surface area contributed by atoms with E-state index in [9.17, 15) is 9.59 Å². The second-order valence-corrected chi connectivity index (χ2v) is 4.18. The standard InChI is InChI=1S/C11H15N3O2S/c1-13(2)8-9(11(16)10(8)15)14(3)6-4-5-12-7-17/h4-6H2,1-3H3. The van der Waals surface area contributed by atoms with E-state index in [0.29, 0.717) is 24.5 Å². The van der Waals surface area contributed by atoms with Gasteiger partial charge in [-0.3, -0.25) is 9.59 Å². The van der Waals surface area contributed by atoms with E-state index >= 15 is 0 Å². The fourth-order valence-corrected chi connectivity index (χ4v) is 1.77. The summed E-state index contributed by atoms with van der Waals surface area (Å²) in [5.74, 6) is 0. The molecule has 0 atom stereocenters. The van der Waals surface area contributed by atoms with Gasteiger partial charge in [0.05, 0.1) is 11.7 Å². The summed E-state index contributed by atoms with van der Waals surface area (Å²) in [6.07, 6.45) is 0.770. The minimum absolute atomic E-state index is 0.408. The summed E-state index contributed by atoms with van der Waals surface area (Å²) in [7, 11) is 5.30. The minimum Gasteiger partial charge on any atom is -0.373 e. The van der Waals surface area contributed by atoms with Gasteiger partial charge in [0, 0.05) is 27.7 Å². The van der Waals surface area contributed by atoms with Crippen molar-refractivity contribution in [3.63, 3.8) is 0 Å². The van der Waals surface area contributed by atoms with E-state index in [4.69, 9.17) is 0 Å². The molecule has 0 amide bonds. The van der Waals surface area contributed by atoms with Crippen molar-refractivity contribution in [2.24, 2.45) is 4.99 Å². The quantitative estimate of drug-likeness (QED) is 0.315. The second-order valence-electron chi connectivity index (χ2n) is 4.00. The molecule has 0 heterocycles. The molecule has 17 heavy (non-hydrogen) atoms. The molecular weight excluding hydrogens is 238 g/mol. The molecule has 0 aliphatic heterocycles. The van der Waals surface area contributed by atoms with E-state index < -0.39 is 10.9 Å². The van der Waals surface area contributed by atoms with Gasteiger partial charge in [0.2, 0.25) is 0 Å². The number of hydrogen-bond acceptors (Lipinski definition) is 6. The van der Waals surface area contributed by atoms with Crippen LogP contribution in [0.25, 0.3) is 0 Å². The van der Waals surface area contributed by atoms with Crippen LogP contribution in [0.5, 0.6) is 0 Å². The Bertz CT molecular complexity index is 511. The third-order valence-corrected chi connectivity index (χ3v) is 2.65. The van der Waals surface area contributed by atoms with Crippen molar-refractivity contribution in [1.82, 2.24) is 0 Å². The topological polar surface area (TPSA) is 53.0 Å². The van der Waals surface area contributed by atoms with E-state index in [1.807, 2.05) is 0 Å². The van der Waals surface area contributed by atoms with Crippen LogP contribution in [0.1, 0.15) is 6.42 Å². The lowest BCUT2D eigenvalue weighted by molar-refractivity contribution is 0.792. The minimum atomic E-state index is -0.409. The highest BCUT2D eigenvalue weighted by Crippen LogP contribution is 2.21. The second kappa shape index (κ2) is 5.70. The van der Waals surface area contributed by atoms with Gasteiger partial charge < -0.3 is 9.80 Å². The number of isothiocyanates is 1. The first kappa shape index (κ1) is 13.5. The van der Waals surface area contributed by atoms with Crippen molar-refractivity contribution >= 4 is 28.8 Å². The van der Waals surface area contributed by atoms with Crippen LogP contribution >= 0.6 is 12.2 Å². The Morgan fingerprint density at radius 3 is 2.29 bits per heavy atom. The van der Waals surface area contributed by atoms with Crippen molar-refractivity contribution < 1.29 is 0 Å². The van der Waals surface area contributed by atoms with Gasteiger partial charge in [0.1, 0.15) is 11.4 Å². The van der Waals surface area contributed by atoms with Gasteiger partial charge in [-0.2, -0.15) is 0 Å². The molecule has 0 radical (unpaired) electrons. The van der Waals surface area contributed by atoms with Gasteiger partial charge >= 0.3 is 0 Å². The summed E-state index contributed by atoms with van der Waals surface area (Å²) in [5, 5.41) is 2.29. The van der Waals surface area contributed by atoms with E-state index in [1.54, 1.807) is 30.9 Å². The summed E-state index contributed by atoms with van der Waals surface area (Å²) in [4.78, 5) is 30.1. The van der Waals surface area contributed by atoms with Crippen molar-refractivity contribution in [2.45, 2.75) is 6.42 Å². The first-order valence-electron chi connectivity index (χ1n) is 5.26. The van der Waals surface area contributed by atoms with Crippen LogP contribution in [0.2, 0.25) is 0 Å². The first-order chi connectivity index (χ1) is 8.00. The highest BCUT2D eigenvalue weighted by molar-refractivity contribution is 7.78. The molecule has 0 unspecified atom stereocenters. The molecule has 0 bridgehead atoms. The zero-order valence-electron chi connectivity index (χ0n) is 10.2. The van der Waals surface area contributed by atoms with Crippen LogP contribution < -0.4 is 20.7 Å². The van der Waals surface area contributed by atoms with Crippen molar-refractivity contribution in [2.75, 3.05) is 44.0 Å². The summed E-state index contributed by atoms with van der Waals surface area (Å²) >= 11 is 4.46. The first-order valence-corrected chi connectivity index (χ1v) is 5.67. The zero-order chi connectivity index (χ0) is 13.0. The molecule has 0 spiro atoms. The number of aliphatic imine (C=N–C) groups is 1. The van der Waals surface area contributed by atoms with Gasteiger partial charge in [-0.25, -0.2) is 4.99 Å². The maximum absolute atomic E-state index is 11.5. The molecule has 0 fully saturated rings. The van der Waals surface area contributed by atoms with Gasteiger partial charge in [-0.1, -0.05) is 0 Å². The van der Waals surface area contributed by atoms with E-state index in [0.717, 1.165) is 6.42 Å². The van der Waals surface area contributed by atoms with Crippen LogP contribution in [0, 0.1) is 0 Å². The largest absolute Gasteiger partial charge is 0.373 e. The molecule has 0 aliphatic carbocycles. The Balaban J connectivity index is 2.73. The van der Waals surface area contributed by atoms with Crippen LogP contribution in [0.3, 0.4) is 0 Å². The monoisotopic (exact) mass is 253 g/mol. The zero-order valence-corrected chi connectivity index (χ0v) is 11.0. The predicted molar refractivity (Wildman–Crippen MR) is 73.5 cm³/mol. The fraction of sp³-hybridized carbons (Fsp3) is 0.545. The highest BCUT2D eigenvalue weighted by Gasteiger charge is 2.24. The maximum Gasteiger partial charge on any atom is 0.253 e. The van der Waals surface area contributed by atoms with E-state index in [1.165, 1.54) is 0 Å². The molecule has 0 aromatic heterocycles. The number of nitrogens with zero attached hydrogens (tertiary/aromatic N) is 3. The average Bonchev–Trinajstić information content (AvgIpc) is 2.29. The molecule has 0 N–H and O–H groups in total. The van der Waals surface area contributed by atoms with E-state index in [-0.39, 0.29) is 0 Å². The third kappa shape index (κ3) is 2.78. The Kier molecular flexibility index (Phi) is 4.54. The van der Waals surface area contributed by atoms with Crippen LogP contribution in [0.15, 0.2) is 14.6 Å². The summed E-state index contributed by atoms with van der Waals surface area (Å²) in [6, 6.07) is 0. The predicted octanol–water partition coefficient (Wildman–Crippen LogP) is 0.278. The number of hydrogen-bond donors (Lipinski definition) is 0. The molecule has 1 rings (SSSR count). The van der Waals surface area contributed by atoms with Crippen molar-refractivity contribution in [1.29, 1.82) is 0 Å². The lowest BCUT2D eigenvalue weighted by atomic mass is 10.1. The van der Waals surface area contributed by atoms with Gasteiger partial charge in [0.25, 0.3) is 10.9 Å². The Morgan fingerprint density at radius 1 is 1.18 bits per heavy atom. The van der Waals surface area contributed by atoms with Gasteiger partial charge in [0.15, 0.2) is 0 Å². The molecule has 0 saturated heterocycles. The smallest absolute Gasteiger partial charge is 0.253 e. The van der Waals surface area contributed by atoms with Crippen molar-refractivity contribution in [3.05, 3.63) is 20.4 Å². The van der Waals surface area contributed by atoms with Crippen molar-refractivity contribution in [3.8, 4) is 0 Å². The molecular formula is C11H15N3O2S. The summed E-state index contributed by atoms with van der Waals surface area (Å²) in [5.41, 5.74) is 0.158. The molecule has 1 aromatic carbocycles. The summed E-state index contributed by atoms with van der Waals surface area (Å²) in [6.45, 7) is 1.24. The number of rotatable bonds is 6. The highest BCUT2D eigenvalue weighted by atomic mass is 32.1. The Morgan fingerprint density at radius 2 is 1.76 bits per heavy atom. The molecule has 92 valence electrons. The normalized spacial score (nSPS) is 10.1. The fourth-order valence-electron chi connectivity index (χ4n) is 1.68. The molecule has 5 nitrogen and oxygen atoms in total. The van der Waals surface area contributed by atoms with Crippen LogP contribution in [-0.2, 0) is 0 Å². The van der Waals surface area contributed by atoms with Crippen LogP contribution in [-0.4, -0.2) is 39.4 Å². The Hall–Kier alpha value is -1.52.